The van der Waals surface area contributed by atoms with Gasteiger partial charge in [0.05, 0.1) is 10.6 Å². The van der Waals surface area contributed by atoms with Gasteiger partial charge in [0.2, 0.25) is 11.8 Å². The maximum absolute atomic E-state index is 13.9. The Balaban J connectivity index is 2.07. The van der Waals surface area contributed by atoms with Gasteiger partial charge in [-0.15, -0.1) is 0 Å². The third-order valence-corrected chi connectivity index (χ3v) is 8.46. The van der Waals surface area contributed by atoms with Gasteiger partial charge in [-0.2, -0.15) is 0 Å². The highest BCUT2D eigenvalue weighted by Crippen LogP contribution is 2.29. The number of benzene rings is 3. The van der Waals surface area contributed by atoms with E-state index >= 15 is 0 Å². The fraction of sp³-hybridized carbons (Fsp3) is 0.286. The first-order chi connectivity index (χ1) is 17.9. The van der Waals surface area contributed by atoms with Gasteiger partial charge in [-0.1, -0.05) is 65.7 Å². The quantitative estimate of drug-likeness (QED) is 0.348. The number of nitrogens with zero attached hydrogens (tertiary/aromatic N) is 2. The molecule has 1 unspecified atom stereocenters. The molecule has 0 heterocycles. The fourth-order valence-corrected chi connectivity index (χ4v) is 5.93. The lowest BCUT2D eigenvalue weighted by Crippen LogP contribution is -2.52. The lowest BCUT2D eigenvalue weighted by atomic mass is 10.1. The molecule has 0 radical (unpaired) electrons. The third-order valence-electron chi connectivity index (χ3n) is 5.98. The van der Waals surface area contributed by atoms with E-state index in [0.717, 1.165) is 4.31 Å². The van der Waals surface area contributed by atoms with Crippen molar-refractivity contribution in [2.45, 2.75) is 51.2 Å². The Morgan fingerprint density at radius 2 is 1.45 bits per heavy atom. The van der Waals surface area contributed by atoms with Gasteiger partial charge >= 0.3 is 0 Å². The Kier molecular flexibility index (Phi) is 9.82. The predicted molar refractivity (Wildman–Crippen MR) is 152 cm³/mol. The molecule has 0 saturated carbocycles. The molecular weight excluding hydrogens is 545 g/mol. The zero-order chi connectivity index (χ0) is 28.0. The van der Waals surface area contributed by atoms with E-state index in [4.69, 9.17) is 23.2 Å². The molecule has 3 rings (SSSR count). The van der Waals surface area contributed by atoms with Crippen molar-refractivity contribution in [2.24, 2.45) is 0 Å². The molecule has 202 valence electrons. The van der Waals surface area contributed by atoms with Crippen molar-refractivity contribution >= 4 is 50.7 Å². The van der Waals surface area contributed by atoms with E-state index in [-0.39, 0.29) is 23.4 Å². The average molecular weight is 577 g/mol. The number of amides is 2. The minimum absolute atomic E-state index is 0.0438. The number of sulfonamides is 1. The van der Waals surface area contributed by atoms with Crippen LogP contribution in [0.4, 0.5) is 5.69 Å². The molecule has 10 heteroatoms. The summed E-state index contributed by atoms with van der Waals surface area (Å²) in [5, 5.41) is 3.48. The monoisotopic (exact) mass is 575 g/mol. The lowest BCUT2D eigenvalue weighted by molar-refractivity contribution is -0.139. The summed E-state index contributed by atoms with van der Waals surface area (Å²) in [6.45, 7) is 6.36. The molecule has 1 N–H and O–H groups in total. The molecular formula is C28H31Cl2N3O4S. The van der Waals surface area contributed by atoms with Gasteiger partial charge in [0.1, 0.15) is 12.6 Å². The SMILES string of the molecule is Cc1ccccc1N(CC(=O)N(Cc1c(Cl)cccc1Cl)C(C)C(=O)NC(C)C)S(=O)(=O)c1ccccc1. The summed E-state index contributed by atoms with van der Waals surface area (Å²) in [6, 6.07) is 18.7. The molecule has 0 saturated heterocycles. The van der Waals surface area contributed by atoms with E-state index in [2.05, 4.69) is 5.32 Å². The molecule has 7 nitrogen and oxygen atoms in total. The van der Waals surface area contributed by atoms with Crippen LogP contribution in [0.25, 0.3) is 0 Å². The van der Waals surface area contributed by atoms with Gasteiger partial charge in [-0.05, 0) is 63.6 Å². The Morgan fingerprint density at radius 3 is 2.03 bits per heavy atom. The standard InChI is InChI=1S/C28H31Cl2N3O4S/c1-19(2)31-28(35)21(4)32(17-23-24(29)14-10-15-25(23)30)27(34)18-33(26-16-9-8-11-20(26)3)38(36,37)22-12-6-5-7-13-22/h5-16,19,21H,17-18H2,1-4H3,(H,31,35). The molecule has 0 aliphatic heterocycles. The molecule has 0 aliphatic carbocycles. The Labute approximate surface area is 234 Å². The van der Waals surface area contributed by atoms with Gasteiger partial charge in [0, 0.05) is 28.2 Å². The number of hydrogen-bond donors (Lipinski definition) is 1. The van der Waals surface area contributed by atoms with Crippen LogP contribution in [-0.4, -0.2) is 43.8 Å². The van der Waals surface area contributed by atoms with Crippen LogP contribution < -0.4 is 9.62 Å². The number of nitrogens with one attached hydrogen (secondary N) is 1. The predicted octanol–water partition coefficient (Wildman–Crippen LogP) is 5.44. The van der Waals surface area contributed by atoms with Gasteiger partial charge in [-0.25, -0.2) is 8.42 Å². The summed E-state index contributed by atoms with van der Waals surface area (Å²) in [7, 11) is -4.13. The maximum atomic E-state index is 13.9. The molecule has 0 aliphatic rings. The van der Waals surface area contributed by atoms with Gasteiger partial charge in [0.15, 0.2) is 0 Å². The van der Waals surface area contributed by atoms with Crippen molar-refractivity contribution < 1.29 is 18.0 Å². The maximum Gasteiger partial charge on any atom is 0.264 e. The van der Waals surface area contributed by atoms with Crippen LogP contribution >= 0.6 is 23.2 Å². The number of halogens is 2. The minimum atomic E-state index is -4.13. The van der Waals surface area contributed by atoms with E-state index in [1.54, 1.807) is 74.5 Å². The summed E-state index contributed by atoms with van der Waals surface area (Å²) in [4.78, 5) is 28.3. The second kappa shape index (κ2) is 12.7. The number of aryl methyl sites for hydroxylation is 1. The van der Waals surface area contributed by atoms with Crippen LogP contribution in [0.2, 0.25) is 10.0 Å². The first-order valence-electron chi connectivity index (χ1n) is 12.1. The van der Waals surface area contributed by atoms with Gasteiger partial charge < -0.3 is 10.2 Å². The molecule has 0 aromatic heterocycles. The van der Waals surface area contributed by atoms with Crippen LogP contribution in [0.1, 0.15) is 31.9 Å². The Morgan fingerprint density at radius 1 is 0.868 bits per heavy atom. The fourth-order valence-electron chi connectivity index (χ4n) is 3.92. The van der Waals surface area contributed by atoms with E-state index in [0.29, 0.717) is 26.9 Å². The van der Waals surface area contributed by atoms with Crippen LogP contribution in [0.15, 0.2) is 77.7 Å². The summed E-state index contributed by atoms with van der Waals surface area (Å²) in [6.07, 6.45) is 0. The minimum Gasteiger partial charge on any atom is -0.352 e. The normalized spacial score (nSPS) is 12.2. The smallest absolute Gasteiger partial charge is 0.264 e. The second-order valence-electron chi connectivity index (χ2n) is 9.17. The van der Waals surface area contributed by atoms with Crippen molar-refractivity contribution in [2.75, 3.05) is 10.8 Å². The largest absolute Gasteiger partial charge is 0.352 e. The summed E-state index contributed by atoms with van der Waals surface area (Å²) >= 11 is 12.8. The van der Waals surface area contributed by atoms with Crippen molar-refractivity contribution in [3.8, 4) is 0 Å². The molecule has 3 aromatic rings. The molecule has 2 amide bonds. The third kappa shape index (κ3) is 6.87. The highest BCUT2D eigenvalue weighted by atomic mass is 35.5. The topological polar surface area (TPSA) is 86.8 Å². The second-order valence-corrected chi connectivity index (χ2v) is 11.8. The highest BCUT2D eigenvalue weighted by molar-refractivity contribution is 7.92. The van der Waals surface area contributed by atoms with E-state index in [1.807, 2.05) is 13.8 Å². The van der Waals surface area contributed by atoms with E-state index in [1.165, 1.54) is 17.0 Å². The van der Waals surface area contributed by atoms with Crippen molar-refractivity contribution in [3.05, 3.63) is 94.0 Å². The molecule has 0 bridgehead atoms. The van der Waals surface area contributed by atoms with Crippen LogP contribution in [0, 0.1) is 6.92 Å². The number of hydrogen-bond acceptors (Lipinski definition) is 4. The average Bonchev–Trinajstić information content (AvgIpc) is 2.87. The van der Waals surface area contributed by atoms with Crippen LogP contribution in [-0.2, 0) is 26.2 Å². The van der Waals surface area contributed by atoms with Gasteiger partial charge in [0.25, 0.3) is 10.0 Å². The van der Waals surface area contributed by atoms with Crippen molar-refractivity contribution in [1.29, 1.82) is 0 Å². The first kappa shape index (κ1) is 29.5. The van der Waals surface area contributed by atoms with Crippen molar-refractivity contribution in [3.63, 3.8) is 0 Å². The lowest BCUT2D eigenvalue weighted by Gasteiger charge is -2.33. The van der Waals surface area contributed by atoms with E-state index < -0.39 is 28.5 Å². The molecule has 0 fully saturated rings. The number of para-hydroxylation sites is 1. The van der Waals surface area contributed by atoms with Crippen LogP contribution in [0.5, 0.6) is 0 Å². The number of rotatable bonds is 10. The molecule has 1 atom stereocenters. The summed E-state index contributed by atoms with van der Waals surface area (Å²) < 4.78 is 28.7. The zero-order valence-corrected chi connectivity index (χ0v) is 24.0. The molecule has 3 aromatic carbocycles. The number of anilines is 1. The van der Waals surface area contributed by atoms with Crippen molar-refractivity contribution in [1.82, 2.24) is 10.2 Å². The summed E-state index contributed by atoms with van der Waals surface area (Å²) in [5.74, 6) is -0.972. The number of carbonyl (C=O) groups excluding carboxylic acids is 2. The highest BCUT2D eigenvalue weighted by Gasteiger charge is 2.33. The Bertz CT molecular complexity index is 1380. The first-order valence-corrected chi connectivity index (χ1v) is 14.3. The van der Waals surface area contributed by atoms with Gasteiger partial charge in [-0.3, -0.25) is 13.9 Å². The zero-order valence-electron chi connectivity index (χ0n) is 21.7. The van der Waals surface area contributed by atoms with E-state index in [9.17, 15) is 18.0 Å². The number of carbonyl (C=O) groups is 2. The Hall–Kier alpha value is -3.07. The van der Waals surface area contributed by atoms with Crippen LogP contribution in [0.3, 0.4) is 0 Å². The molecule has 0 spiro atoms. The molecule has 38 heavy (non-hydrogen) atoms. The summed E-state index contributed by atoms with van der Waals surface area (Å²) in [5.41, 5.74) is 1.49.